The molecule has 0 aliphatic heterocycles. The van der Waals surface area contributed by atoms with Crippen molar-refractivity contribution < 1.29 is 22.4 Å². The average Bonchev–Trinajstić information content (AvgIpc) is 2.95. The lowest BCUT2D eigenvalue weighted by molar-refractivity contribution is -0.139. The van der Waals surface area contributed by atoms with Crippen LogP contribution in [-0.4, -0.2) is 43.8 Å². The zero-order valence-electron chi connectivity index (χ0n) is 23.7. The van der Waals surface area contributed by atoms with Crippen LogP contribution in [0.3, 0.4) is 0 Å². The van der Waals surface area contributed by atoms with Crippen LogP contribution in [0.15, 0.2) is 83.8 Å². The van der Waals surface area contributed by atoms with Crippen LogP contribution in [0, 0.1) is 5.82 Å². The van der Waals surface area contributed by atoms with E-state index in [0.29, 0.717) is 17.7 Å². The Morgan fingerprint density at radius 2 is 1.48 bits per heavy atom. The van der Waals surface area contributed by atoms with Gasteiger partial charge in [-0.15, -0.1) is 0 Å². The Labute approximate surface area is 237 Å². The van der Waals surface area contributed by atoms with Crippen molar-refractivity contribution in [2.45, 2.75) is 70.5 Å². The highest BCUT2D eigenvalue weighted by Gasteiger charge is 2.32. The molecule has 2 atom stereocenters. The molecule has 214 valence electrons. The number of benzene rings is 3. The van der Waals surface area contributed by atoms with Gasteiger partial charge in [0.25, 0.3) is 10.0 Å². The highest BCUT2D eigenvalue weighted by Crippen LogP contribution is 2.26. The highest BCUT2D eigenvalue weighted by atomic mass is 32.2. The summed E-state index contributed by atoms with van der Waals surface area (Å²) in [5.41, 5.74) is 1.97. The van der Waals surface area contributed by atoms with Crippen molar-refractivity contribution in [3.63, 3.8) is 0 Å². The Morgan fingerprint density at radius 1 is 0.875 bits per heavy atom. The van der Waals surface area contributed by atoms with Gasteiger partial charge in [0.1, 0.15) is 18.4 Å². The molecule has 3 aromatic rings. The summed E-state index contributed by atoms with van der Waals surface area (Å²) in [5.74, 6) is -1.10. The second-order valence-corrected chi connectivity index (χ2v) is 12.1. The first-order chi connectivity index (χ1) is 18.9. The van der Waals surface area contributed by atoms with E-state index in [2.05, 4.69) is 5.32 Å². The van der Waals surface area contributed by atoms with Gasteiger partial charge < -0.3 is 10.2 Å². The fourth-order valence-corrected chi connectivity index (χ4v) is 5.54. The van der Waals surface area contributed by atoms with E-state index < -0.39 is 34.3 Å². The molecule has 0 saturated heterocycles. The van der Waals surface area contributed by atoms with Crippen molar-refractivity contribution in [2.75, 3.05) is 10.8 Å². The van der Waals surface area contributed by atoms with Gasteiger partial charge in [-0.2, -0.15) is 0 Å². The Bertz CT molecular complexity index is 1380. The number of amides is 2. The van der Waals surface area contributed by atoms with Gasteiger partial charge >= 0.3 is 0 Å². The molecule has 0 unspecified atom stereocenters. The molecule has 2 amide bonds. The van der Waals surface area contributed by atoms with Gasteiger partial charge in [-0.1, -0.05) is 63.2 Å². The van der Waals surface area contributed by atoms with Crippen molar-refractivity contribution in [3.05, 3.63) is 95.8 Å². The fraction of sp³-hybridized carbons (Fsp3) is 0.355. The smallest absolute Gasteiger partial charge is 0.264 e. The van der Waals surface area contributed by atoms with Gasteiger partial charge in [-0.3, -0.25) is 13.9 Å². The average molecular weight is 568 g/mol. The summed E-state index contributed by atoms with van der Waals surface area (Å²) in [7, 11) is -4.13. The van der Waals surface area contributed by atoms with Crippen LogP contribution in [-0.2, 0) is 26.2 Å². The van der Waals surface area contributed by atoms with E-state index in [-0.39, 0.29) is 29.3 Å². The molecule has 3 rings (SSSR count). The third kappa shape index (κ3) is 7.69. The van der Waals surface area contributed by atoms with Crippen LogP contribution < -0.4 is 9.62 Å². The second kappa shape index (κ2) is 13.6. The summed E-state index contributed by atoms with van der Waals surface area (Å²) in [6, 6.07) is 19.6. The predicted molar refractivity (Wildman–Crippen MR) is 156 cm³/mol. The van der Waals surface area contributed by atoms with E-state index in [9.17, 15) is 22.4 Å². The number of carbonyl (C=O) groups is 2. The summed E-state index contributed by atoms with van der Waals surface area (Å²) in [4.78, 5) is 28.4. The summed E-state index contributed by atoms with van der Waals surface area (Å²) < 4.78 is 42.3. The highest BCUT2D eigenvalue weighted by molar-refractivity contribution is 7.92. The van der Waals surface area contributed by atoms with Crippen molar-refractivity contribution in [1.29, 1.82) is 0 Å². The van der Waals surface area contributed by atoms with Gasteiger partial charge in [0.15, 0.2) is 0 Å². The largest absolute Gasteiger partial charge is 0.352 e. The Balaban J connectivity index is 2.02. The molecule has 0 aliphatic carbocycles. The minimum Gasteiger partial charge on any atom is -0.352 e. The molecule has 0 aliphatic rings. The van der Waals surface area contributed by atoms with Gasteiger partial charge in [-0.05, 0) is 73.7 Å². The van der Waals surface area contributed by atoms with Gasteiger partial charge in [0.05, 0.1) is 10.6 Å². The van der Waals surface area contributed by atoms with E-state index in [1.165, 1.54) is 41.3 Å². The van der Waals surface area contributed by atoms with Crippen molar-refractivity contribution in [2.24, 2.45) is 0 Å². The van der Waals surface area contributed by atoms with E-state index in [1.807, 2.05) is 39.8 Å². The monoisotopic (exact) mass is 567 g/mol. The molecule has 0 saturated carbocycles. The van der Waals surface area contributed by atoms with Crippen LogP contribution in [0.4, 0.5) is 10.1 Å². The Hall–Kier alpha value is -3.72. The molecule has 0 heterocycles. The SMILES string of the molecule is CC[C@H](C)NC(=O)[C@H](C)N(Cc1ccc(F)cc1)C(=O)CN(c1ccc(C(C)C)cc1)S(=O)(=O)c1ccccc1. The van der Waals surface area contributed by atoms with Crippen LogP contribution in [0.25, 0.3) is 0 Å². The number of sulfonamides is 1. The van der Waals surface area contributed by atoms with E-state index >= 15 is 0 Å². The first-order valence-electron chi connectivity index (χ1n) is 13.5. The maximum absolute atomic E-state index is 13.9. The number of rotatable bonds is 12. The molecule has 7 nitrogen and oxygen atoms in total. The fourth-order valence-electron chi connectivity index (χ4n) is 4.11. The Kier molecular flexibility index (Phi) is 10.5. The number of carbonyl (C=O) groups excluding carboxylic acids is 2. The number of hydrogen-bond donors (Lipinski definition) is 1. The van der Waals surface area contributed by atoms with Crippen LogP contribution in [0.5, 0.6) is 0 Å². The van der Waals surface area contributed by atoms with Gasteiger partial charge in [-0.25, -0.2) is 12.8 Å². The summed E-state index contributed by atoms with van der Waals surface area (Å²) in [5, 5.41) is 2.89. The lowest BCUT2D eigenvalue weighted by atomic mass is 10.0. The van der Waals surface area contributed by atoms with Crippen LogP contribution in [0.1, 0.15) is 58.1 Å². The molecule has 0 radical (unpaired) electrons. The van der Waals surface area contributed by atoms with Crippen molar-refractivity contribution in [3.8, 4) is 0 Å². The standard InChI is InChI=1S/C31H38FN3O4S/c1-6-23(4)33-31(37)24(5)34(20-25-12-16-27(32)17-13-25)30(36)21-35(28-18-14-26(15-19-28)22(2)3)40(38,39)29-10-8-7-9-11-29/h7-19,22-24H,6,20-21H2,1-5H3,(H,33,37)/t23-,24-/m0/s1. The zero-order valence-corrected chi connectivity index (χ0v) is 24.5. The first-order valence-corrected chi connectivity index (χ1v) is 14.9. The third-order valence-electron chi connectivity index (χ3n) is 6.89. The minimum absolute atomic E-state index is 0.000280. The summed E-state index contributed by atoms with van der Waals surface area (Å²) in [6.07, 6.45) is 0.708. The van der Waals surface area contributed by atoms with Crippen LogP contribution >= 0.6 is 0 Å². The summed E-state index contributed by atoms with van der Waals surface area (Å²) >= 11 is 0. The quantitative estimate of drug-likeness (QED) is 0.314. The summed E-state index contributed by atoms with van der Waals surface area (Å²) in [6.45, 7) is 8.96. The molecule has 1 N–H and O–H groups in total. The lowest BCUT2D eigenvalue weighted by Crippen LogP contribution is -2.52. The normalized spacial score (nSPS) is 13.0. The van der Waals surface area contributed by atoms with Gasteiger partial charge in [0, 0.05) is 12.6 Å². The van der Waals surface area contributed by atoms with E-state index in [1.54, 1.807) is 37.3 Å². The molecule has 9 heteroatoms. The van der Waals surface area contributed by atoms with Gasteiger partial charge in [0.2, 0.25) is 11.8 Å². The molecule has 0 fully saturated rings. The maximum atomic E-state index is 13.9. The molecule has 0 bridgehead atoms. The van der Waals surface area contributed by atoms with Crippen LogP contribution in [0.2, 0.25) is 0 Å². The topological polar surface area (TPSA) is 86.8 Å². The zero-order chi connectivity index (χ0) is 29.4. The Morgan fingerprint density at radius 3 is 2.02 bits per heavy atom. The number of hydrogen-bond acceptors (Lipinski definition) is 4. The molecule has 40 heavy (non-hydrogen) atoms. The molecular weight excluding hydrogens is 529 g/mol. The minimum atomic E-state index is -4.13. The maximum Gasteiger partial charge on any atom is 0.264 e. The van der Waals surface area contributed by atoms with E-state index in [4.69, 9.17) is 0 Å². The lowest BCUT2D eigenvalue weighted by Gasteiger charge is -2.32. The van der Waals surface area contributed by atoms with Crippen molar-refractivity contribution in [1.82, 2.24) is 10.2 Å². The molecule has 0 spiro atoms. The number of nitrogens with one attached hydrogen (secondary N) is 1. The molecular formula is C31H38FN3O4S. The predicted octanol–water partition coefficient (Wildman–Crippen LogP) is 5.48. The number of nitrogens with zero attached hydrogens (tertiary/aromatic N) is 2. The third-order valence-corrected chi connectivity index (χ3v) is 8.68. The van der Waals surface area contributed by atoms with E-state index in [0.717, 1.165) is 9.87 Å². The second-order valence-electron chi connectivity index (χ2n) is 10.2. The first kappa shape index (κ1) is 30.8. The van der Waals surface area contributed by atoms with Crippen molar-refractivity contribution >= 4 is 27.5 Å². The number of halogens is 1. The molecule has 0 aromatic heterocycles. The number of anilines is 1. The molecule has 3 aromatic carbocycles.